The van der Waals surface area contributed by atoms with Crippen LogP contribution < -0.4 is 0 Å². The van der Waals surface area contributed by atoms with E-state index >= 15 is 0 Å². The van der Waals surface area contributed by atoms with E-state index in [-0.39, 0.29) is 11.2 Å². The molecule has 128 valence electrons. The van der Waals surface area contributed by atoms with E-state index in [1.807, 2.05) is 41.1 Å². The number of hydrogen-bond donors (Lipinski definition) is 0. The summed E-state index contributed by atoms with van der Waals surface area (Å²) in [6.07, 6.45) is 4.89. The van der Waals surface area contributed by atoms with Gasteiger partial charge in [0.05, 0.1) is 23.0 Å². The molecule has 1 aliphatic carbocycles. The number of hydrogen-bond acceptors (Lipinski definition) is 4. The summed E-state index contributed by atoms with van der Waals surface area (Å²) in [5.74, 6) is 0.881. The van der Waals surface area contributed by atoms with Crippen molar-refractivity contribution in [2.45, 2.75) is 26.7 Å². The van der Waals surface area contributed by atoms with Gasteiger partial charge in [-0.2, -0.15) is 5.26 Å². The molecule has 0 aliphatic heterocycles. The van der Waals surface area contributed by atoms with Crippen molar-refractivity contribution in [3.05, 3.63) is 65.7 Å². The molecule has 0 spiro atoms. The first-order valence-electron chi connectivity index (χ1n) is 8.54. The second-order valence-corrected chi connectivity index (χ2v) is 7.43. The number of nitrogens with zero attached hydrogens (tertiary/aromatic N) is 4. The molecule has 1 aromatic carbocycles. The lowest BCUT2D eigenvalue weighted by Crippen LogP contribution is -2.28. The number of ketones is 1. The number of aromatic nitrogens is 3. The molecular weight excluding hydrogens is 324 g/mol. The first-order chi connectivity index (χ1) is 12.5. The second kappa shape index (κ2) is 5.92. The van der Waals surface area contributed by atoms with Gasteiger partial charge in [0.15, 0.2) is 5.78 Å². The summed E-state index contributed by atoms with van der Waals surface area (Å²) >= 11 is 0. The summed E-state index contributed by atoms with van der Waals surface area (Å²) < 4.78 is 1.83. The Morgan fingerprint density at radius 2 is 1.92 bits per heavy atom. The van der Waals surface area contributed by atoms with Crippen molar-refractivity contribution >= 4 is 5.78 Å². The van der Waals surface area contributed by atoms with Crippen LogP contribution in [0.2, 0.25) is 0 Å². The zero-order valence-electron chi connectivity index (χ0n) is 14.7. The number of nitriles is 1. The standard InChI is InChI=1S/C21H18N4O/c1-21(2)9-17-16(19(26)10-21)7-8-20(24-17)25-12-18(23-13-25)15-6-4-3-5-14(15)11-22/h3-8,12-13H,9-10H2,1-2H3. The molecular formula is C21H18N4O. The molecule has 0 fully saturated rings. The Balaban J connectivity index is 1.73. The Morgan fingerprint density at radius 1 is 1.12 bits per heavy atom. The number of rotatable bonds is 2. The molecule has 2 aromatic heterocycles. The Labute approximate surface area is 152 Å². The molecule has 0 radical (unpaired) electrons. The van der Waals surface area contributed by atoms with Crippen molar-refractivity contribution in [3.8, 4) is 23.1 Å². The van der Waals surface area contributed by atoms with Crippen LogP contribution in [0.5, 0.6) is 0 Å². The third kappa shape index (κ3) is 2.80. The van der Waals surface area contributed by atoms with Crippen molar-refractivity contribution in [2.75, 3.05) is 0 Å². The molecule has 5 heteroatoms. The largest absolute Gasteiger partial charge is 0.294 e. The van der Waals surface area contributed by atoms with E-state index in [1.54, 1.807) is 12.4 Å². The molecule has 0 saturated heterocycles. The first kappa shape index (κ1) is 16.2. The lowest BCUT2D eigenvalue weighted by molar-refractivity contribution is 0.0910. The zero-order chi connectivity index (χ0) is 18.3. The van der Waals surface area contributed by atoms with Crippen LogP contribution in [0.1, 0.15) is 41.9 Å². The summed E-state index contributed by atoms with van der Waals surface area (Å²) in [7, 11) is 0. The van der Waals surface area contributed by atoms with Gasteiger partial charge in [-0.05, 0) is 30.0 Å². The van der Waals surface area contributed by atoms with Crippen LogP contribution in [0.15, 0.2) is 48.9 Å². The predicted molar refractivity (Wildman–Crippen MR) is 97.9 cm³/mol. The highest BCUT2D eigenvalue weighted by atomic mass is 16.1. The Bertz CT molecular complexity index is 1060. The Kier molecular flexibility index (Phi) is 3.69. The van der Waals surface area contributed by atoms with Gasteiger partial charge in [-0.25, -0.2) is 9.97 Å². The second-order valence-electron chi connectivity index (χ2n) is 7.43. The number of Topliss-reactive ketones (excluding diaryl/α,β-unsaturated/α-hetero) is 1. The predicted octanol–water partition coefficient (Wildman–Crippen LogP) is 3.96. The number of pyridine rings is 1. The van der Waals surface area contributed by atoms with Crippen molar-refractivity contribution in [1.29, 1.82) is 5.26 Å². The van der Waals surface area contributed by atoms with Crippen molar-refractivity contribution in [2.24, 2.45) is 5.41 Å². The number of fused-ring (bicyclic) bond motifs is 1. The van der Waals surface area contributed by atoms with Gasteiger partial charge in [0.25, 0.3) is 0 Å². The number of carbonyl (C=O) groups is 1. The third-order valence-corrected chi connectivity index (χ3v) is 4.72. The average Bonchev–Trinajstić information content (AvgIpc) is 3.10. The van der Waals surface area contributed by atoms with Gasteiger partial charge in [0, 0.05) is 23.7 Å². The molecule has 3 aromatic rings. The topological polar surface area (TPSA) is 71.6 Å². The average molecular weight is 342 g/mol. The lowest BCUT2D eigenvalue weighted by Gasteiger charge is -2.29. The SMILES string of the molecule is CC1(C)CC(=O)c2ccc(-n3cnc(-c4ccccc4C#N)c3)nc2C1. The van der Waals surface area contributed by atoms with Crippen molar-refractivity contribution in [3.63, 3.8) is 0 Å². The Hall–Kier alpha value is -3.26. The van der Waals surface area contributed by atoms with Crippen LogP contribution in [0.25, 0.3) is 17.1 Å². The fraction of sp³-hybridized carbons (Fsp3) is 0.238. The van der Waals surface area contributed by atoms with E-state index in [0.29, 0.717) is 12.0 Å². The van der Waals surface area contributed by atoms with Crippen molar-refractivity contribution < 1.29 is 4.79 Å². The van der Waals surface area contributed by atoms with Gasteiger partial charge < -0.3 is 0 Å². The fourth-order valence-electron chi connectivity index (χ4n) is 3.46. The molecule has 0 saturated carbocycles. The molecule has 0 bridgehead atoms. The lowest BCUT2D eigenvalue weighted by atomic mass is 9.76. The molecule has 26 heavy (non-hydrogen) atoms. The zero-order valence-corrected chi connectivity index (χ0v) is 14.7. The monoisotopic (exact) mass is 342 g/mol. The highest BCUT2D eigenvalue weighted by Gasteiger charge is 2.32. The number of carbonyl (C=O) groups excluding carboxylic acids is 1. The minimum Gasteiger partial charge on any atom is -0.294 e. The maximum Gasteiger partial charge on any atom is 0.165 e. The van der Waals surface area contributed by atoms with E-state index in [9.17, 15) is 10.1 Å². The van der Waals surface area contributed by atoms with Gasteiger partial charge >= 0.3 is 0 Å². The summed E-state index contributed by atoms with van der Waals surface area (Å²) in [5.41, 5.74) is 3.60. The summed E-state index contributed by atoms with van der Waals surface area (Å²) in [5, 5.41) is 9.28. The quantitative estimate of drug-likeness (QED) is 0.706. The van der Waals surface area contributed by atoms with Crippen LogP contribution in [0.3, 0.4) is 0 Å². The van der Waals surface area contributed by atoms with E-state index < -0.39 is 0 Å². The third-order valence-electron chi connectivity index (χ3n) is 4.72. The smallest absolute Gasteiger partial charge is 0.165 e. The van der Waals surface area contributed by atoms with Crippen LogP contribution in [0.4, 0.5) is 0 Å². The van der Waals surface area contributed by atoms with Gasteiger partial charge in [0.1, 0.15) is 12.1 Å². The van der Waals surface area contributed by atoms with Crippen molar-refractivity contribution in [1.82, 2.24) is 14.5 Å². The minimum atomic E-state index is -0.0679. The molecule has 0 amide bonds. The molecule has 1 aliphatic rings. The van der Waals surface area contributed by atoms with Gasteiger partial charge in [-0.1, -0.05) is 32.0 Å². The summed E-state index contributed by atoms with van der Waals surface area (Å²) in [6.45, 7) is 4.19. The van der Waals surface area contributed by atoms with Crippen LogP contribution >= 0.6 is 0 Å². The molecule has 0 unspecified atom stereocenters. The van der Waals surface area contributed by atoms with Crippen LogP contribution in [0, 0.1) is 16.7 Å². The molecule has 0 atom stereocenters. The number of benzene rings is 1. The highest BCUT2D eigenvalue weighted by molar-refractivity contribution is 5.98. The fourth-order valence-corrected chi connectivity index (χ4v) is 3.46. The first-order valence-corrected chi connectivity index (χ1v) is 8.54. The molecule has 5 nitrogen and oxygen atoms in total. The molecule has 4 rings (SSSR count). The van der Waals surface area contributed by atoms with E-state index in [1.165, 1.54) is 0 Å². The van der Waals surface area contributed by atoms with Gasteiger partial charge in [-0.3, -0.25) is 9.36 Å². The van der Waals surface area contributed by atoms with Gasteiger partial charge in [0.2, 0.25) is 0 Å². The maximum absolute atomic E-state index is 12.3. The maximum atomic E-state index is 12.3. The van der Waals surface area contributed by atoms with E-state index in [0.717, 1.165) is 34.8 Å². The van der Waals surface area contributed by atoms with Gasteiger partial charge in [-0.15, -0.1) is 0 Å². The van der Waals surface area contributed by atoms with E-state index in [4.69, 9.17) is 4.98 Å². The Morgan fingerprint density at radius 3 is 2.73 bits per heavy atom. The summed E-state index contributed by atoms with van der Waals surface area (Å²) in [6, 6.07) is 13.3. The minimum absolute atomic E-state index is 0.0679. The molecule has 0 N–H and O–H groups in total. The molecule has 2 heterocycles. The summed E-state index contributed by atoms with van der Waals surface area (Å²) in [4.78, 5) is 21.5. The number of imidazole rings is 1. The van der Waals surface area contributed by atoms with Crippen LogP contribution in [-0.2, 0) is 6.42 Å². The van der Waals surface area contributed by atoms with E-state index in [2.05, 4.69) is 24.9 Å². The normalized spacial score (nSPS) is 15.3. The van der Waals surface area contributed by atoms with Crippen LogP contribution in [-0.4, -0.2) is 20.3 Å². The highest BCUT2D eigenvalue weighted by Crippen LogP contribution is 2.34.